The Bertz CT molecular complexity index is 668. The van der Waals surface area contributed by atoms with Gasteiger partial charge in [-0.3, -0.25) is 19.6 Å². The highest BCUT2D eigenvalue weighted by Crippen LogP contribution is 2.54. The second-order valence-corrected chi connectivity index (χ2v) is 16.6. The largest absolute Gasteiger partial charge is 0.298 e. The maximum Gasteiger partial charge on any atom is 0.0676 e. The molecule has 4 aliphatic rings. The molecule has 0 bridgehead atoms. The maximum absolute atomic E-state index is 2.88. The first-order valence-corrected chi connectivity index (χ1v) is 14.4. The molecule has 0 radical (unpaired) electrons. The lowest BCUT2D eigenvalue weighted by Gasteiger charge is -2.66. The van der Waals surface area contributed by atoms with Gasteiger partial charge in [-0.1, -0.05) is 22.6 Å². The van der Waals surface area contributed by atoms with Gasteiger partial charge in [-0.15, -0.1) is 0 Å². The van der Waals surface area contributed by atoms with E-state index in [1.165, 1.54) is 65.0 Å². The first-order valence-electron chi connectivity index (χ1n) is 13.4. The molecular weight excluding hydrogens is 507 g/mol. The molecule has 186 valence electrons. The molecule has 0 N–H and O–H groups in total. The smallest absolute Gasteiger partial charge is 0.0676 e. The highest BCUT2D eigenvalue weighted by molar-refractivity contribution is 14.1. The minimum absolute atomic E-state index is 0.237. The standard InChI is InChI=1S/C27H51IN4/c1-20(2)31-13-10-21-17-30(18-22(21)31)25(6,7)16-23-27(19-32(23)26(8,9)28)11-14-29(15-12-27)24(3,4)5/h20-23H,10-19H2,1-9H3. The molecule has 4 fully saturated rings. The van der Waals surface area contributed by atoms with Gasteiger partial charge in [0, 0.05) is 54.3 Å². The molecule has 0 aliphatic carbocycles. The third-order valence-corrected chi connectivity index (χ3v) is 10.4. The van der Waals surface area contributed by atoms with E-state index in [9.17, 15) is 0 Å². The Kier molecular flexibility index (Phi) is 6.90. The summed E-state index contributed by atoms with van der Waals surface area (Å²) in [5, 5.41) is 0. The Balaban J connectivity index is 1.47. The molecule has 4 rings (SSSR count). The second-order valence-electron chi connectivity index (χ2n) is 13.9. The van der Waals surface area contributed by atoms with Crippen LogP contribution >= 0.6 is 22.6 Å². The van der Waals surface area contributed by atoms with E-state index in [0.717, 1.165) is 12.0 Å². The van der Waals surface area contributed by atoms with E-state index in [1.807, 2.05) is 0 Å². The molecule has 0 aromatic heterocycles. The van der Waals surface area contributed by atoms with Crippen molar-refractivity contribution in [1.82, 2.24) is 19.6 Å². The van der Waals surface area contributed by atoms with E-state index in [2.05, 4.69) is 105 Å². The van der Waals surface area contributed by atoms with Gasteiger partial charge in [-0.2, -0.15) is 0 Å². The molecular formula is C27H51IN4. The number of likely N-dealkylation sites (tertiary alicyclic amines) is 4. The summed E-state index contributed by atoms with van der Waals surface area (Å²) in [6, 6.07) is 2.19. The van der Waals surface area contributed by atoms with Crippen molar-refractivity contribution in [1.29, 1.82) is 0 Å². The minimum atomic E-state index is 0.237. The van der Waals surface area contributed by atoms with Gasteiger partial charge in [-0.05, 0) is 114 Å². The third-order valence-electron chi connectivity index (χ3n) is 9.76. The number of fused-ring (bicyclic) bond motifs is 1. The molecule has 32 heavy (non-hydrogen) atoms. The summed E-state index contributed by atoms with van der Waals surface area (Å²) in [4.78, 5) is 11.2. The summed E-state index contributed by atoms with van der Waals surface area (Å²) in [5.41, 5.74) is 1.10. The number of piperidine rings is 1. The Labute approximate surface area is 213 Å². The molecule has 3 unspecified atom stereocenters. The van der Waals surface area contributed by atoms with Gasteiger partial charge in [0.15, 0.2) is 0 Å². The molecule has 4 aliphatic heterocycles. The van der Waals surface area contributed by atoms with Crippen LogP contribution in [0.25, 0.3) is 0 Å². The molecule has 5 heteroatoms. The Morgan fingerprint density at radius 1 is 0.906 bits per heavy atom. The normalized spacial score (nSPS) is 33.3. The number of hydrogen-bond acceptors (Lipinski definition) is 4. The summed E-state index contributed by atoms with van der Waals surface area (Å²) >= 11 is 2.69. The molecule has 3 atom stereocenters. The average molecular weight is 559 g/mol. The molecule has 1 spiro atoms. The summed E-state index contributed by atoms with van der Waals surface area (Å²) in [7, 11) is 0. The minimum Gasteiger partial charge on any atom is -0.298 e. The molecule has 0 aromatic carbocycles. The van der Waals surface area contributed by atoms with Crippen molar-refractivity contribution in [3.05, 3.63) is 0 Å². The number of rotatable bonds is 5. The van der Waals surface area contributed by atoms with E-state index in [0.29, 0.717) is 23.0 Å². The summed E-state index contributed by atoms with van der Waals surface area (Å²) in [6.07, 6.45) is 5.47. The zero-order valence-electron chi connectivity index (χ0n) is 22.5. The lowest BCUT2D eigenvalue weighted by Crippen LogP contribution is -2.73. The fourth-order valence-corrected chi connectivity index (χ4v) is 8.01. The van der Waals surface area contributed by atoms with Gasteiger partial charge in [0.2, 0.25) is 0 Å². The molecule has 0 aromatic rings. The van der Waals surface area contributed by atoms with Gasteiger partial charge in [0.05, 0.1) is 3.55 Å². The number of nitrogens with zero attached hydrogens (tertiary/aromatic N) is 4. The molecule has 0 amide bonds. The fourth-order valence-electron chi connectivity index (χ4n) is 7.50. The Hall–Kier alpha value is 0.570. The summed E-state index contributed by atoms with van der Waals surface area (Å²) < 4.78 is 0.237. The predicted octanol–water partition coefficient (Wildman–Crippen LogP) is 5.31. The van der Waals surface area contributed by atoms with Crippen LogP contribution in [-0.2, 0) is 0 Å². The van der Waals surface area contributed by atoms with Crippen molar-refractivity contribution in [3.8, 4) is 0 Å². The topological polar surface area (TPSA) is 13.0 Å². The Morgan fingerprint density at radius 3 is 2.06 bits per heavy atom. The van der Waals surface area contributed by atoms with Crippen molar-refractivity contribution in [3.63, 3.8) is 0 Å². The van der Waals surface area contributed by atoms with Crippen LogP contribution in [0.15, 0.2) is 0 Å². The van der Waals surface area contributed by atoms with Crippen LogP contribution in [0.5, 0.6) is 0 Å². The summed E-state index contributed by atoms with van der Waals surface area (Å²) in [6.45, 7) is 29.6. The third kappa shape index (κ3) is 4.68. The predicted molar refractivity (Wildman–Crippen MR) is 146 cm³/mol. The average Bonchev–Trinajstić information content (AvgIpc) is 3.24. The first kappa shape index (κ1) is 25.7. The lowest BCUT2D eigenvalue weighted by molar-refractivity contribution is -0.149. The van der Waals surface area contributed by atoms with Crippen molar-refractivity contribution in [2.75, 3.05) is 39.3 Å². The van der Waals surface area contributed by atoms with Crippen LogP contribution in [0.4, 0.5) is 0 Å². The molecule has 4 nitrogen and oxygen atoms in total. The van der Waals surface area contributed by atoms with Crippen molar-refractivity contribution in [2.45, 2.75) is 121 Å². The van der Waals surface area contributed by atoms with Gasteiger partial charge in [-0.25, -0.2) is 0 Å². The first-order chi connectivity index (χ1) is 14.6. The van der Waals surface area contributed by atoms with E-state index < -0.39 is 0 Å². The van der Waals surface area contributed by atoms with Gasteiger partial charge >= 0.3 is 0 Å². The van der Waals surface area contributed by atoms with Gasteiger partial charge < -0.3 is 0 Å². The highest BCUT2D eigenvalue weighted by Gasteiger charge is 2.59. The zero-order valence-corrected chi connectivity index (χ0v) is 24.7. The molecule has 4 saturated heterocycles. The SMILES string of the molecule is CC(C)N1CCC2CN(C(C)(C)CC3N(C(C)(C)I)CC34CCN(C(C)(C)C)CC4)CC21. The van der Waals surface area contributed by atoms with Crippen LogP contribution < -0.4 is 0 Å². The highest BCUT2D eigenvalue weighted by atomic mass is 127. The summed E-state index contributed by atoms with van der Waals surface area (Å²) in [5.74, 6) is 0.888. The van der Waals surface area contributed by atoms with E-state index in [4.69, 9.17) is 0 Å². The maximum atomic E-state index is 2.88. The van der Waals surface area contributed by atoms with E-state index >= 15 is 0 Å². The number of alkyl halides is 1. The Morgan fingerprint density at radius 2 is 1.53 bits per heavy atom. The second kappa shape index (κ2) is 8.60. The van der Waals surface area contributed by atoms with Gasteiger partial charge in [0.25, 0.3) is 0 Å². The molecule has 4 heterocycles. The van der Waals surface area contributed by atoms with Crippen LogP contribution in [0.2, 0.25) is 0 Å². The number of hydrogen-bond donors (Lipinski definition) is 0. The fraction of sp³-hybridized carbons (Fsp3) is 1.00. The van der Waals surface area contributed by atoms with Crippen molar-refractivity contribution < 1.29 is 0 Å². The van der Waals surface area contributed by atoms with Crippen LogP contribution in [0.3, 0.4) is 0 Å². The van der Waals surface area contributed by atoms with E-state index in [1.54, 1.807) is 0 Å². The molecule has 0 saturated carbocycles. The van der Waals surface area contributed by atoms with Crippen LogP contribution in [0.1, 0.15) is 88.0 Å². The lowest BCUT2D eigenvalue weighted by atomic mass is 9.61. The van der Waals surface area contributed by atoms with Crippen molar-refractivity contribution >= 4 is 22.6 Å². The quantitative estimate of drug-likeness (QED) is 0.258. The van der Waals surface area contributed by atoms with Crippen LogP contribution in [0, 0.1) is 11.3 Å². The monoisotopic (exact) mass is 558 g/mol. The zero-order chi connectivity index (χ0) is 23.7. The number of halogens is 1. The van der Waals surface area contributed by atoms with Crippen LogP contribution in [-0.4, -0.2) is 91.6 Å². The van der Waals surface area contributed by atoms with E-state index in [-0.39, 0.29) is 9.08 Å². The van der Waals surface area contributed by atoms with Crippen molar-refractivity contribution in [2.24, 2.45) is 11.3 Å². The van der Waals surface area contributed by atoms with Gasteiger partial charge in [0.1, 0.15) is 0 Å².